The molecule has 122 valence electrons. The van der Waals surface area contributed by atoms with Crippen LogP contribution in [0.4, 0.5) is 5.69 Å². The quantitative estimate of drug-likeness (QED) is 0.824. The van der Waals surface area contributed by atoms with Gasteiger partial charge in [-0.25, -0.2) is 8.42 Å². The Hall–Kier alpha value is -2.34. The standard InChI is InChI=1S/C17H19NO4S/c1-4-13-10-15(8-9-17(13)22-3)18-23(20,21)16-7-5-6-14(11-16)12(2)19/h5-11,18H,4H2,1-3H3. The molecule has 2 aromatic rings. The number of ketones is 1. The van der Waals surface area contributed by atoms with E-state index in [4.69, 9.17) is 4.74 Å². The average molecular weight is 333 g/mol. The second kappa shape index (κ2) is 6.83. The van der Waals surface area contributed by atoms with E-state index in [1.807, 2.05) is 6.92 Å². The SMILES string of the molecule is CCc1cc(NS(=O)(=O)c2cccc(C(C)=O)c2)ccc1OC. The van der Waals surface area contributed by atoms with E-state index in [1.165, 1.54) is 19.1 Å². The molecule has 0 spiro atoms. The highest BCUT2D eigenvalue weighted by atomic mass is 32.2. The van der Waals surface area contributed by atoms with Crippen LogP contribution in [0.1, 0.15) is 29.8 Å². The summed E-state index contributed by atoms with van der Waals surface area (Å²) in [6.07, 6.45) is 0.721. The Kier molecular flexibility index (Phi) is 5.05. The molecule has 0 atom stereocenters. The number of benzene rings is 2. The Morgan fingerprint density at radius 2 is 1.91 bits per heavy atom. The monoisotopic (exact) mass is 333 g/mol. The van der Waals surface area contributed by atoms with Gasteiger partial charge < -0.3 is 4.74 Å². The second-order valence-corrected chi connectivity index (χ2v) is 6.75. The predicted octanol–water partition coefficient (Wildman–Crippen LogP) is 3.26. The Morgan fingerprint density at radius 3 is 2.52 bits per heavy atom. The molecular weight excluding hydrogens is 314 g/mol. The van der Waals surface area contributed by atoms with E-state index in [0.29, 0.717) is 17.0 Å². The van der Waals surface area contributed by atoms with Gasteiger partial charge in [-0.05, 0) is 49.2 Å². The third kappa shape index (κ3) is 3.90. The number of Topliss-reactive ketones (excluding diaryl/α,β-unsaturated/α-hetero) is 1. The highest BCUT2D eigenvalue weighted by Crippen LogP contribution is 2.25. The summed E-state index contributed by atoms with van der Waals surface area (Å²) in [6.45, 7) is 3.36. The molecule has 6 heteroatoms. The largest absolute Gasteiger partial charge is 0.496 e. The van der Waals surface area contributed by atoms with E-state index in [9.17, 15) is 13.2 Å². The van der Waals surface area contributed by atoms with E-state index in [2.05, 4.69) is 4.72 Å². The van der Waals surface area contributed by atoms with Gasteiger partial charge in [-0.15, -0.1) is 0 Å². The lowest BCUT2D eigenvalue weighted by Gasteiger charge is -2.12. The lowest BCUT2D eigenvalue weighted by molar-refractivity contribution is 0.101. The molecule has 0 amide bonds. The third-order valence-electron chi connectivity index (χ3n) is 3.46. The molecule has 0 heterocycles. The smallest absolute Gasteiger partial charge is 0.261 e. The maximum Gasteiger partial charge on any atom is 0.261 e. The van der Waals surface area contributed by atoms with Gasteiger partial charge in [0.25, 0.3) is 10.0 Å². The molecule has 0 aliphatic heterocycles. The van der Waals surface area contributed by atoms with Crippen molar-refractivity contribution in [1.82, 2.24) is 0 Å². The predicted molar refractivity (Wildman–Crippen MR) is 89.6 cm³/mol. The van der Waals surface area contributed by atoms with Crippen LogP contribution in [0.3, 0.4) is 0 Å². The number of anilines is 1. The van der Waals surface area contributed by atoms with Gasteiger partial charge >= 0.3 is 0 Å². The minimum Gasteiger partial charge on any atom is -0.496 e. The summed E-state index contributed by atoms with van der Waals surface area (Å²) in [5, 5.41) is 0. The van der Waals surface area contributed by atoms with Crippen molar-refractivity contribution < 1.29 is 17.9 Å². The summed E-state index contributed by atoms with van der Waals surface area (Å²) in [5.41, 5.74) is 1.72. The topological polar surface area (TPSA) is 72.5 Å². The molecule has 23 heavy (non-hydrogen) atoms. The van der Waals surface area contributed by atoms with Crippen molar-refractivity contribution in [3.8, 4) is 5.75 Å². The van der Waals surface area contributed by atoms with Crippen molar-refractivity contribution in [3.05, 3.63) is 53.6 Å². The van der Waals surface area contributed by atoms with Crippen molar-refractivity contribution in [3.63, 3.8) is 0 Å². The molecule has 0 radical (unpaired) electrons. The molecule has 0 fully saturated rings. The number of ether oxygens (including phenoxy) is 1. The molecule has 0 unspecified atom stereocenters. The van der Waals surface area contributed by atoms with Gasteiger partial charge in [-0.1, -0.05) is 19.1 Å². The Labute approximate surface area is 136 Å². The maximum absolute atomic E-state index is 12.5. The number of hydrogen-bond donors (Lipinski definition) is 1. The Balaban J connectivity index is 2.35. The normalized spacial score (nSPS) is 11.1. The average Bonchev–Trinajstić information content (AvgIpc) is 2.54. The van der Waals surface area contributed by atoms with Crippen LogP contribution >= 0.6 is 0 Å². The van der Waals surface area contributed by atoms with Crippen LogP contribution in [0.25, 0.3) is 0 Å². The Morgan fingerprint density at radius 1 is 1.17 bits per heavy atom. The molecule has 0 aliphatic rings. The van der Waals surface area contributed by atoms with Crippen molar-refractivity contribution >= 4 is 21.5 Å². The fourth-order valence-corrected chi connectivity index (χ4v) is 3.31. The molecule has 0 saturated carbocycles. The number of sulfonamides is 1. The highest BCUT2D eigenvalue weighted by molar-refractivity contribution is 7.92. The van der Waals surface area contributed by atoms with Crippen LogP contribution in [0.15, 0.2) is 47.4 Å². The van der Waals surface area contributed by atoms with Crippen LogP contribution < -0.4 is 9.46 Å². The fourth-order valence-electron chi connectivity index (χ4n) is 2.21. The van der Waals surface area contributed by atoms with Crippen LogP contribution in [0, 0.1) is 0 Å². The minimum atomic E-state index is -3.76. The van der Waals surface area contributed by atoms with E-state index in [-0.39, 0.29) is 10.7 Å². The van der Waals surface area contributed by atoms with E-state index in [1.54, 1.807) is 37.4 Å². The zero-order valence-corrected chi connectivity index (χ0v) is 14.1. The van der Waals surface area contributed by atoms with E-state index < -0.39 is 10.0 Å². The van der Waals surface area contributed by atoms with Crippen molar-refractivity contribution in [2.24, 2.45) is 0 Å². The summed E-state index contributed by atoms with van der Waals surface area (Å²) in [7, 11) is -2.18. The molecule has 0 bridgehead atoms. The first-order chi connectivity index (χ1) is 10.9. The van der Waals surface area contributed by atoms with Gasteiger partial charge in [0.15, 0.2) is 5.78 Å². The van der Waals surface area contributed by atoms with Gasteiger partial charge in [0, 0.05) is 11.3 Å². The van der Waals surface area contributed by atoms with Crippen LogP contribution in [-0.4, -0.2) is 21.3 Å². The van der Waals surface area contributed by atoms with E-state index >= 15 is 0 Å². The zero-order valence-electron chi connectivity index (χ0n) is 13.3. The summed E-state index contributed by atoms with van der Waals surface area (Å²) >= 11 is 0. The first-order valence-electron chi connectivity index (χ1n) is 7.18. The lowest BCUT2D eigenvalue weighted by Crippen LogP contribution is -2.13. The molecule has 0 saturated heterocycles. The molecule has 0 aromatic heterocycles. The minimum absolute atomic E-state index is 0.0547. The highest BCUT2D eigenvalue weighted by Gasteiger charge is 2.16. The first kappa shape index (κ1) is 17.0. The van der Waals surface area contributed by atoms with Gasteiger partial charge in [-0.3, -0.25) is 9.52 Å². The molecule has 1 N–H and O–H groups in total. The molecule has 2 rings (SSSR count). The summed E-state index contributed by atoms with van der Waals surface area (Å²) in [5.74, 6) is 0.536. The van der Waals surface area contributed by atoms with Gasteiger partial charge in [0.1, 0.15) is 5.75 Å². The molecule has 5 nitrogen and oxygen atoms in total. The fraction of sp³-hybridized carbons (Fsp3) is 0.235. The van der Waals surface area contributed by atoms with Crippen molar-refractivity contribution in [2.75, 3.05) is 11.8 Å². The molecule has 2 aromatic carbocycles. The van der Waals surface area contributed by atoms with Gasteiger partial charge in [0.05, 0.1) is 12.0 Å². The van der Waals surface area contributed by atoms with Crippen LogP contribution in [-0.2, 0) is 16.4 Å². The number of rotatable bonds is 6. The zero-order chi connectivity index (χ0) is 17.0. The van der Waals surface area contributed by atoms with Crippen LogP contribution in [0.2, 0.25) is 0 Å². The van der Waals surface area contributed by atoms with Gasteiger partial charge in [0.2, 0.25) is 0 Å². The summed E-state index contributed by atoms with van der Waals surface area (Å²) in [6, 6.07) is 11.1. The van der Waals surface area contributed by atoms with Crippen molar-refractivity contribution in [1.29, 1.82) is 0 Å². The molecule has 0 aliphatic carbocycles. The van der Waals surface area contributed by atoms with Crippen LogP contribution in [0.5, 0.6) is 5.75 Å². The summed E-state index contributed by atoms with van der Waals surface area (Å²) < 4.78 is 32.7. The number of nitrogens with one attached hydrogen (secondary N) is 1. The second-order valence-electron chi connectivity index (χ2n) is 5.07. The lowest BCUT2D eigenvalue weighted by atomic mass is 10.1. The van der Waals surface area contributed by atoms with Gasteiger partial charge in [-0.2, -0.15) is 0 Å². The number of methoxy groups -OCH3 is 1. The Bertz CT molecular complexity index is 828. The number of carbonyl (C=O) groups excluding carboxylic acids is 1. The number of aryl methyl sites for hydroxylation is 1. The third-order valence-corrected chi connectivity index (χ3v) is 4.84. The van der Waals surface area contributed by atoms with Crippen molar-refractivity contribution in [2.45, 2.75) is 25.2 Å². The number of hydrogen-bond acceptors (Lipinski definition) is 4. The number of carbonyl (C=O) groups is 1. The first-order valence-corrected chi connectivity index (χ1v) is 8.66. The summed E-state index contributed by atoms with van der Waals surface area (Å²) in [4.78, 5) is 11.5. The van der Waals surface area contributed by atoms with E-state index in [0.717, 1.165) is 12.0 Å². The maximum atomic E-state index is 12.5. The molecular formula is C17H19NO4S.